The number of hydrogen-bond donors (Lipinski definition) is 0. The summed E-state index contributed by atoms with van der Waals surface area (Å²) in [4.78, 5) is 27.0. The van der Waals surface area contributed by atoms with Crippen molar-refractivity contribution in [2.45, 2.75) is 49.0 Å². The molecule has 1 heterocycles. The summed E-state index contributed by atoms with van der Waals surface area (Å²) in [5.41, 5.74) is 1.51. The van der Waals surface area contributed by atoms with Crippen molar-refractivity contribution < 1.29 is 14.5 Å². The average Bonchev–Trinajstić information content (AvgIpc) is 2.83. The fourth-order valence-corrected chi connectivity index (χ4v) is 4.33. The molecule has 0 bridgehead atoms. The summed E-state index contributed by atoms with van der Waals surface area (Å²) in [6.07, 6.45) is 0.864. The summed E-state index contributed by atoms with van der Waals surface area (Å²) in [5.74, 6) is 0. The topological polar surface area (TPSA) is 72.7 Å². The SMILES string of the molecule is CC(C)(C)OC(=O)N1CCc2cc(Sc3ccc(Br)cc3)c([N+](=O)[O-])cc2CC1. The first-order chi connectivity index (χ1) is 13.6. The maximum Gasteiger partial charge on any atom is 0.410 e. The average molecular weight is 479 g/mol. The lowest BCUT2D eigenvalue weighted by atomic mass is 10.0. The van der Waals surface area contributed by atoms with Gasteiger partial charge in [0.25, 0.3) is 5.69 Å². The Labute approximate surface area is 182 Å². The van der Waals surface area contributed by atoms with Gasteiger partial charge in [-0.05, 0) is 75.1 Å². The number of fused-ring (bicyclic) bond motifs is 1. The number of hydrogen-bond acceptors (Lipinski definition) is 5. The van der Waals surface area contributed by atoms with Gasteiger partial charge in [-0.2, -0.15) is 0 Å². The third kappa shape index (κ3) is 5.73. The Morgan fingerprint density at radius 1 is 1.14 bits per heavy atom. The monoisotopic (exact) mass is 478 g/mol. The van der Waals surface area contributed by atoms with E-state index in [1.807, 2.05) is 51.1 Å². The van der Waals surface area contributed by atoms with Crippen molar-refractivity contribution in [3.63, 3.8) is 0 Å². The molecule has 0 unspecified atom stereocenters. The van der Waals surface area contributed by atoms with Crippen molar-refractivity contribution >= 4 is 39.5 Å². The number of carbonyl (C=O) groups excluding carboxylic acids is 1. The van der Waals surface area contributed by atoms with Crippen LogP contribution in [0.25, 0.3) is 0 Å². The molecule has 3 rings (SSSR count). The molecule has 0 N–H and O–H groups in total. The molecule has 8 heteroatoms. The number of halogens is 1. The number of amides is 1. The number of benzene rings is 2. The zero-order valence-electron chi connectivity index (χ0n) is 16.6. The summed E-state index contributed by atoms with van der Waals surface area (Å²) in [6, 6.07) is 11.2. The lowest BCUT2D eigenvalue weighted by molar-refractivity contribution is -0.387. The van der Waals surface area contributed by atoms with E-state index in [4.69, 9.17) is 4.74 Å². The second-order valence-corrected chi connectivity index (χ2v) is 9.90. The highest BCUT2D eigenvalue weighted by molar-refractivity contribution is 9.10. The van der Waals surface area contributed by atoms with E-state index in [2.05, 4.69) is 15.9 Å². The molecule has 1 aliphatic rings. The Bertz CT molecular complexity index is 926. The lowest BCUT2D eigenvalue weighted by Gasteiger charge is -2.26. The number of nitro groups is 1. The van der Waals surface area contributed by atoms with Crippen LogP contribution in [0.3, 0.4) is 0 Å². The standard InChI is InChI=1S/C21H23BrN2O4S/c1-21(2,3)28-20(25)23-10-8-14-12-18(24(26)27)19(13-15(14)9-11-23)29-17-6-4-16(22)5-7-17/h4-7,12-13H,8-11H2,1-3H3. The van der Waals surface area contributed by atoms with Crippen molar-refractivity contribution in [3.05, 3.63) is 62.1 Å². The van der Waals surface area contributed by atoms with E-state index in [0.717, 1.165) is 20.5 Å². The molecule has 2 aromatic rings. The highest BCUT2D eigenvalue weighted by Crippen LogP contribution is 2.38. The first kappa shape index (κ1) is 21.6. The molecule has 2 aromatic carbocycles. The first-order valence-corrected chi connectivity index (χ1v) is 10.9. The highest BCUT2D eigenvalue weighted by atomic mass is 79.9. The minimum absolute atomic E-state index is 0.0994. The first-order valence-electron chi connectivity index (χ1n) is 9.34. The van der Waals surface area contributed by atoms with Crippen LogP contribution in [0.4, 0.5) is 10.5 Å². The molecule has 0 saturated heterocycles. The van der Waals surface area contributed by atoms with Crippen molar-refractivity contribution in [1.82, 2.24) is 4.90 Å². The van der Waals surface area contributed by atoms with Gasteiger partial charge >= 0.3 is 6.09 Å². The van der Waals surface area contributed by atoms with Crippen LogP contribution in [0.2, 0.25) is 0 Å². The fraction of sp³-hybridized carbons (Fsp3) is 0.381. The third-order valence-electron chi connectivity index (χ3n) is 4.47. The van der Waals surface area contributed by atoms with Crippen molar-refractivity contribution in [2.75, 3.05) is 13.1 Å². The third-order valence-corrected chi connectivity index (χ3v) is 6.06. The minimum Gasteiger partial charge on any atom is -0.444 e. The van der Waals surface area contributed by atoms with Gasteiger partial charge in [-0.3, -0.25) is 10.1 Å². The van der Waals surface area contributed by atoms with Gasteiger partial charge in [-0.15, -0.1) is 0 Å². The van der Waals surface area contributed by atoms with Crippen LogP contribution in [-0.2, 0) is 17.6 Å². The molecule has 0 atom stereocenters. The number of nitrogens with zero attached hydrogens (tertiary/aromatic N) is 2. The Balaban J connectivity index is 1.84. The van der Waals surface area contributed by atoms with Gasteiger partial charge in [-0.1, -0.05) is 27.7 Å². The molecule has 6 nitrogen and oxygen atoms in total. The molecule has 0 aromatic heterocycles. The molecule has 0 spiro atoms. The van der Waals surface area contributed by atoms with E-state index >= 15 is 0 Å². The van der Waals surface area contributed by atoms with E-state index in [0.29, 0.717) is 30.8 Å². The van der Waals surface area contributed by atoms with Gasteiger partial charge in [-0.25, -0.2) is 4.79 Å². The van der Waals surface area contributed by atoms with Crippen LogP contribution in [-0.4, -0.2) is 34.6 Å². The van der Waals surface area contributed by atoms with Crippen LogP contribution >= 0.6 is 27.7 Å². The lowest BCUT2D eigenvalue weighted by Crippen LogP contribution is -2.38. The molecule has 0 aliphatic carbocycles. The summed E-state index contributed by atoms with van der Waals surface area (Å²) in [6.45, 7) is 6.53. The molecule has 154 valence electrons. The quantitative estimate of drug-likeness (QED) is 0.408. The van der Waals surface area contributed by atoms with Crippen molar-refractivity contribution in [3.8, 4) is 0 Å². The Morgan fingerprint density at radius 3 is 2.28 bits per heavy atom. The molecule has 0 saturated carbocycles. The maximum atomic E-state index is 12.4. The van der Waals surface area contributed by atoms with Gasteiger partial charge in [0.05, 0.1) is 9.82 Å². The zero-order chi connectivity index (χ0) is 21.2. The zero-order valence-corrected chi connectivity index (χ0v) is 19.0. The van der Waals surface area contributed by atoms with E-state index in [1.165, 1.54) is 11.8 Å². The number of carbonyl (C=O) groups is 1. The Morgan fingerprint density at radius 2 is 1.72 bits per heavy atom. The van der Waals surface area contributed by atoms with E-state index in [1.54, 1.807) is 11.0 Å². The number of nitro benzene ring substituents is 1. The van der Waals surface area contributed by atoms with Crippen LogP contribution < -0.4 is 0 Å². The normalized spacial score (nSPS) is 14.1. The number of ether oxygens (including phenoxy) is 1. The van der Waals surface area contributed by atoms with Gasteiger partial charge < -0.3 is 9.64 Å². The van der Waals surface area contributed by atoms with E-state index < -0.39 is 5.60 Å². The van der Waals surface area contributed by atoms with Gasteiger partial charge in [0, 0.05) is 28.5 Å². The molecule has 1 amide bonds. The summed E-state index contributed by atoms with van der Waals surface area (Å²) in [5, 5.41) is 11.7. The van der Waals surface area contributed by atoms with Gasteiger partial charge in [0.15, 0.2) is 0 Å². The predicted octanol–water partition coefficient (Wildman–Crippen LogP) is 5.84. The van der Waals surface area contributed by atoms with Crippen LogP contribution in [0.1, 0.15) is 31.9 Å². The summed E-state index contributed by atoms with van der Waals surface area (Å²) in [7, 11) is 0. The van der Waals surface area contributed by atoms with Crippen molar-refractivity contribution in [1.29, 1.82) is 0 Å². The second kappa shape index (κ2) is 8.75. The Hall–Kier alpha value is -2.06. The van der Waals surface area contributed by atoms with E-state index in [-0.39, 0.29) is 16.7 Å². The van der Waals surface area contributed by atoms with Gasteiger partial charge in [0.1, 0.15) is 5.60 Å². The highest BCUT2D eigenvalue weighted by Gasteiger charge is 2.26. The van der Waals surface area contributed by atoms with E-state index in [9.17, 15) is 14.9 Å². The van der Waals surface area contributed by atoms with Crippen molar-refractivity contribution in [2.24, 2.45) is 0 Å². The molecule has 1 aliphatic heterocycles. The minimum atomic E-state index is -0.552. The van der Waals surface area contributed by atoms with Crippen LogP contribution in [0, 0.1) is 10.1 Å². The molecular formula is C21H23BrN2O4S. The maximum absolute atomic E-state index is 12.4. The molecule has 29 heavy (non-hydrogen) atoms. The summed E-state index contributed by atoms with van der Waals surface area (Å²) < 4.78 is 6.44. The number of rotatable bonds is 3. The summed E-state index contributed by atoms with van der Waals surface area (Å²) >= 11 is 4.78. The van der Waals surface area contributed by atoms with Crippen LogP contribution in [0.5, 0.6) is 0 Å². The Kier molecular flexibility index (Phi) is 6.53. The van der Waals surface area contributed by atoms with Gasteiger partial charge in [0.2, 0.25) is 0 Å². The second-order valence-electron chi connectivity index (χ2n) is 7.87. The largest absolute Gasteiger partial charge is 0.444 e. The molecular weight excluding hydrogens is 456 g/mol. The smallest absolute Gasteiger partial charge is 0.410 e. The predicted molar refractivity (Wildman–Crippen MR) is 117 cm³/mol. The van der Waals surface area contributed by atoms with Crippen LogP contribution in [0.15, 0.2) is 50.7 Å². The fourth-order valence-electron chi connectivity index (χ4n) is 3.10. The molecule has 0 radical (unpaired) electrons. The molecule has 0 fully saturated rings.